The lowest BCUT2D eigenvalue weighted by atomic mass is 10.1. The van der Waals surface area contributed by atoms with Crippen molar-refractivity contribution in [1.29, 1.82) is 0 Å². The van der Waals surface area contributed by atoms with E-state index in [-0.39, 0.29) is 5.75 Å². The highest BCUT2D eigenvalue weighted by Crippen LogP contribution is 2.22. The Morgan fingerprint density at radius 1 is 0.952 bits per heavy atom. The molecular formula is C18H17NO2. The molecule has 3 aromatic rings. The fourth-order valence-corrected chi connectivity index (χ4v) is 2.25. The molecule has 1 aromatic heterocycles. The van der Waals surface area contributed by atoms with Crippen molar-refractivity contribution in [2.45, 2.75) is 20.1 Å². The molecule has 0 radical (unpaired) electrons. The van der Waals surface area contributed by atoms with Crippen LogP contribution in [-0.4, -0.2) is 10.1 Å². The monoisotopic (exact) mass is 279 g/mol. The van der Waals surface area contributed by atoms with Gasteiger partial charge < -0.3 is 9.84 Å². The SMILES string of the molecule is Cc1nc2cc(COCc3ccccc3)ccc2cc1O. The molecule has 1 N–H and O–H groups in total. The molecule has 0 unspecified atom stereocenters. The number of nitrogens with zero attached hydrogens (tertiary/aromatic N) is 1. The van der Waals surface area contributed by atoms with Crippen molar-refractivity contribution < 1.29 is 9.84 Å². The molecule has 0 spiro atoms. The highest BCUT2D eigenvalue weighted by Gasteiger charge is 2.03. The molecule has 21 heavy (non-hydrogen) atoms. The van der Waals surface area contributed by atoms with Crippen LogP contribution >= 0.6 is 0 Å². The van der Waals surface area contributed by atoms with Crippen molar-refractivity contribution >= 4 is 10.9 Å². The zero-order valence-electron chi connectivity index (χ0n) is 11.9. The number of benzene rings is 2. The number of fused-ring (bicyclic) bond motifs is 1. The zero-order valence-corrected chi connectivity index (χ0v) is 11.9. The molecule has 3 rings (SSSR count). The lowest BCUT2D eigenvalue weighted by molar-refractivity contribution is 0.107. The first-order valence-electron chi connectivity index (χ1n) is 6.93. The van der Waals surface area contributed by atoms with Gasteiger partial charge in [-0.3, -0.25) is 0 Å². The first kappa shape index (κ1) is 13.6. The van der Waals surface area contributed by atoms with E-state index in [0.29, 0.717) is 18.9 Å². The molecule has 0 amide bonds. The van der Waals surface area contributed by atoms with E-state index < -0.39 is 0 Å². The summed E-state index contributed by atoms with van der Waals surface area (Å²) in [6.45, 7) is 2.95. The van der Waals surface area contributed by atoms with Crippen molar-refractivity contribution in [3.63, 3.8) is 0 Å². The molecule has 1 heterocycles. The van der Waals surface area contributed by atoms with Crippen molar-refractivity contribution in [1.82, 2.24) is 4.98 Å². The maximum atomic E-state index is 9.67. The van der Waals surface area contributed by atoms with Gasteiger partial charge in [-0.05, 0) is 30.2 Å². The average Bonchev–Trinajstić information content (AvgIpc) is 2.50. The first-order chi connectivity index (χ1) is 10.2. The molecule has 0 saturated carbocycles. The fourth-order valence-electron chi connectivity index (χ4n) is 2.25. The van der Waals surface area contributed by atoms with Gasteiger partial charge in [0.05, 0.1) is 24.4 Å². The molecule has 0 aliphatic rings. The number of hydrogen-bond donors (Lipinski definition) is 1. The highest BCUT2D eigenvalue weighted by molar-refractivity contribution is 5.80. The van der Waals surface area contributed by atoms with E-state index in [2.05, 4.69) is 4.98 Å². The lowest BCUT2D eigenvalue weighted by Crippen LogP contribution is -1.94. The van der Waals surface area contributed by atoms with Crippen LogP contribution in [-0.2, 0) is 18.0 Å². The van der Waals surface area contributed by atoms with E-state index in [9.17, 15) is 5.11 Å². The van der Waals surface area contributed by atoms with E-state index in [1.54, 1.807) is 13.0 Å². The van der Waals surface area contributed by atoms with E-state index in [0.717, 1.165) is 22.0 Å². The topological polar surface area (TPSA) is 42.4 Å². The summed E-state index contributed by atoms with van der Waals surface area (Å²) in [6.07, 6.45) is 0. The van der Waals surface area contributed by atoms with Gasteiger partial charge in [0.2, 0.25) is 0 Å². The van der Waals surface area contributed by atoms with E-state index in [4.69, 9.17) is 4.74 Å². The smallest absolute Gasteiger partial charge is 0.137 e. The number of aryl methyl sites for hydroxylation is 1. The van der Waals surface area contributed by atoms with Gasteiger partial charge in [0, 0.05) is 5.39 Å². The summed E-state index contributed by atoms with van der Waals surface area (Å²) in [7, 11) is 0. The van der Waals surface area contributed by atoms with Crippen LogP contribution in [0, 0.1) is 6.92 Å². The molecule has 0 aliphatic heterocycles. The molecule has 0 bridgehead atoms. The third-order valence-electron chi connectivity index (χ3n) is 3.43. The maximum absolute atomic E-state index is 9.67. The Bertz CT molecular complexity index is 754. The summed E-state index contributed by atoms with van der Waals surface area (Å²) < 4.78 is 5.73. The molecule has 0 saturated heterocycles. The Labute approximate surface area is 123 Å². The largest absolute Gasteiger partial charge is 0.506 e. The predicted octanol–water partition coefficient (Wildman–Crippen LogP) is 3.97. The van der Waals surface area contributed by atoms with Gasteiger partial charge in [0.15, 0.2) is 0 Å². The lowest BCUT2D eigenvalue weighted by Gasteiger charge is -2.07. The van der Waals surface area contributed by atoms with Crippen LogP contribution in [0.2, 0.25) is 0 Å². The van der Waals surface area contributed by atoms with Gasteiger partial charge in [-0.1, -0.05) is 42.5 Å². The average molecular weight is 279 g/mol. The third kappa shape index (κ3) is 3.20. The maximum Gasteiger partial charge on any atom is 0.137 e. The summed E-state index contributed by atoms with van der Waals surface area (Å²) >= 11 is 0. The molecule has 0 atom stereocenters. The Morgan fingerprint density at radius 3 is 2.52 bits per heavy atom. The van der Waals surface area contributed by atoms with Crippen molar-refractivity contribution in [2.24, 2.45) is 0 Å². The predicted molar refractivity (Wildman–Crippen MR) is 83.1 cm³/mol. The van der Waals surface area contributed by atoms with Crippen LogP contribution in [0.25, 0.3) is 10.9 Å². The minimum atomic E-state index is 0.232. The van der Waals surface area contributed by atoms with E-state index >= 15 is 0 Å². The van der Waals surface area contributed by atoms with Crippen molar-refractivity contribution in [3.8, 4) is 5.75 Å². The van der Waals surface area contributed by atoms with Gasteiger partial charge in [-0.15, -0.1) is 0 Å². The summed E-state index contributed by atoms with van der Waals surface area (Å²) in [5, 5.41) is 10.6. The summed E-state index contributed by atoms with van der Waals surface area (Å²) in [5.74, 6) is 0.232. The molecule has 3 nitrogen and oxygen atoms in total. The fraction of sp³-hybridized carbons (Fsp3) is 0.167. The van der Waals surface area contributed by atoms with Crippen LogP contribution in [0.1, 0.15) is 16.8 Å². The summed E-state index contributed by atoms with van der Waals surface area (Å²) in [5.41, 5.74) is 3.77. The van der Waals surface area contributed by atoms with Crippen molar-refractivity contribution in [3.05, 3.63) is 71.4 Å². The second-order valence-corrected chi connectivity index (χ2v) is 5.10. The van der Waals surface area contributed by atoms with Gasteiger partial charge in [0.25, 0.3) is 0 Å². The minimum absolute atomic E-state index is 0.232. The molecule has 0 fully saturated rings. The molecule has 106 valence electrons. The van der Waals surface area contributed by atoms with Gasteiger partial charge in [-0.25, -0.2) is 4.98 Å². The Kier molecular flexibility index (Phi) is 3.84. The van der Waals surface area contributed by atoms with Crippen LogP contribution in [0.5, 0.6) is 5.75 Å². The third-order valence-corrected chi connectivity index (χ3v) is 3.43. The molecule has 2 aromatic carbocycles. The number of rotatable bonds is 4. The van der Waals surface area contributed by atoms with Crippen LogP contribution in [0.15, 0.2) is 54.6 Å². The van der Waals surface area contributed by atoms with Crippen LogP contribution in [0.3, 0.4) is 0 Å². The molecule has 0 aliphatic carbocycles. The summed E-state index contributed by atoms with van der Waals surface area (Å²) in [6, 6.07) is 17.8. The second kappa shape index (κ2) is 5.94. The number of hydrogen-bond acceptors (Lipinski definition) is 3. The number of aromatic hydroxyl groups is 1. The second-order valence-electron chi connectivity index (χ2n) is 5.10. The Balaban J connectivity index is 1.71. The molecular weight excluding hydrogens is 262 g/mol. The van der Waals surface area contributed by atoms with Gasteiger partial charge >= 0.3 is 0 Å². The minimum Gasteiger partial charge on any atom is -0.506 e. The first-order valence-corrected chi connectivity index (χ1v) is 6.93. The van der Waals surface area contributed by atoms with Crippen LogP contribution < -0.4 is 0 Å². The highest BCUT2D eigenvalue weighted by atomic mass is 16.5. The quantitative estimate of drug-likeness (QED) is 0.786. The van der Waals surface area contributed by atoms with Gasteiger partial charge in [-0.2, -0.15) is 0 Å². The summed E-state index contributed by atoms with van der Waals surface area (Å²) in [4.78, 5) is 4.40. The zero-order chi connectivity index (χ0) is 14.7. The number of pyridine rings is 1. The number of ether oxygens (including phenoxy) is 1. The number of aromatic nitrogens is 1. The van der Waals surface area contributed by atoms with E-state index in [1.807, 2.05) is 48.5 Å². The van der Waals surface area contributed by atoms with E-state index in [1.165, 1.54) is 0 Å². The standard InChI is InChI=1S/C18H17NO2/c1-13-18(20)10-16-8-7-15(9-17(16)19-13)12-21-11-14-5-3-2-4-6-14/h2-10,20H,11-12H2,1H3. The molecule has 3 heteroatoms. The Hall–Kier alpha value is -2.39. The normalized spacial score (nSPS) is 10.9. The van der Waals surface area contributed by atoms with Crippen LogP contribution in [0.4, 0.5) is 0 Å². The van der Waals surface area contributed by atoms with Crippen molar-refractivity contribution in [2.75, 3.05) is 0 Å². The van der Waals surface area contributed by atoms with Gasteiger partial charge in [0.1, 0.15) is 5.75 Å². The Morgan fingerprint density at radius 2 is 1.71 bits per heavy atom.